The number of halogens is 1. The van der Waals surface area contributed by atoms with E-state index >= 15 is 0 Å². The molecule has 2 aromatic rings. The lowest BCUT2D eigenvalue weighted by molar-refractivity contribution is -0.116. The van der Waals surface area contributed by atoms with E-state index in [-0.39, 0.29) is 17.2 Å². The Balaban J connectivity index is 1.76. The highest BCUT2D eigenvalue weighted by molar-refractivity contribution is 9.10. The van der Waals surface area contributed by atoms with Gasteiger partial charge >= 0.3 is 0 Å². The van der Waals surface area contributed by atoms with Gasteiger partial charge in [-0.15, -0.1) is 0 Å². The number of carbonyl (C=O) groups is 1. The second-order valence-corrected chi connectivity index (χ2v) is 7.72. The lowest BCUT2D eigenvalue weighted by Crippen LogP contribution is -2.30. The number of aryl methyl sites for hydroxylation is 1. The molecule has 0 radical (unpaired) electrons. The summed E-state index contributed by atoms with van der Waals surface area (Å²) in [6.07, 6.45) is 2.76. The van der Waals surface area contributed by atoms with Crippen molar-refractivity contribution in [3.8, 4) is 11.5 Å². The van der Waals surface area contributed by atoms with Crippen LogP contribution < -0.4 is 15.4 Å². The van der Waals surface area contributed by atoms with Gasteiger partial charge in [0.25, 0.3) is 5.91 Å². The van der Waals surface area contributed by atoms with E-state index in [9.17, 15) is 9.90 Å². The Morgan fingerprint density at radius 1 is 1.35 bits per heavy atom. The van der Waals surface area contributed by atoms with Crippen LogP contribution in [0.25, 0.3) is 6.08 Å². The first-order valence-electron chi connectivity index (χ1n) is 8.11. The van der Waals surface area contributed by atoms with Crippen LogP contribution in [0.1, 0.15) is 18.1 Å². The molecule has 1 saturated heterocycles. The molecule has 136 valence electrons. The average molecular weight is 435 g/mol. The largest absolute Gasteiger partial charge is 0.504 e. The van der Waals surface area contributed by atoms with E-state index in [0.717, 1.165) is 17.7 Å². The predicted molar refractivity (Wildman–Crippen MR) is 109 cm³/mol. The van der Waals surface area contributed by atoms with E-state index in [0.29, 0.717) is 15.1 Å². The number of methoxy groups -OCH3 is 1. The lowest BCUT2D eigenvalue weighted by atomic mass is 10.1. The van der Waals surface area contributed by atoms with Crippen LogP contribution >= 0.6 is 27.7 Å². The van der Waals surface area contributed by atoms with E-state index < -0.39 is 0 Å². The maximum Gasteiger partial charge on any atom is 0.260 e. The number of thioether (sulfide) groups is 1. The fraction of sp³-hybridized carbons (Fsp3) is 0.211. The summed E-state index contributed by atoms with van der Waals surface area (Å²) in [6, 6.07) is 11.4. The zero-order valence-electron chi connectivity index (χ0n) is 14.4. The molecule has 5 nitrogen and oxygen atoms in total. The molecule has 0 aliphatic carbocycles. The molecule has 3 rings (SSSR count). The second-order valence-electron chi connectivity index (χ2n) is 5.72. The molecule has 1 heterocycles. The predicted octanol–water partition coefficient (Wildman–Crippen LogP) is 4.33. The number of carbonyl (C=O) groups excluding carboxylic acids is 1. The molecule has 0 bridgehead atoms. The fourth-order valence-corrected chi connectivity index (χ4v) is 3.95. The topological polar surface area (TPSA) is 70.6 Å². The van der Waals surface area contributed by atoms with Crippen molar-refractivity contribution in [2.45, 2.75) is 18.8 Å². The van der Waals surface area contributed by atoms with Gasteiger partial charge in [-0.25, -0.2) is 0 Å². The third-order valence-corrected chi connectivity index (χ3v) is 5.69. The van der Waals surface area contributed by atoms with Crippen molar-refractivity contribution in [1.29, 1.82) is 0 Å². The van der Waals surface area contributed by atoms with Crippen LogP contribution in [-0.4, -0.2) is 23.6 Å². The highest BCUT2D eigenvalue weighted by Gasteiger charge is 2.27. The van der Waals surface area contributed by atoms with Gasteiger partial charge < -0.3 is 20.5 Å². The molecule has 1 fully saturated rings. The fourth-order valence-electron chi connectivity index (χ4n) is 2.53. The lowest BCUT2D eigenvalue weighted by Gasteiger charge is -2.13. The summed E-state index contributed by atoms with van der Waals surface area (Å²) in [5.41, 5.74) is 2.74. The molecule has 1 amide bonds. The molecule has 26 heavy (non-hydrogen) atoms. The third kappa shape index (κ3) is 4.16. The number of aromatic hydroxyl groups is 1. The normalized spacial score (nSPS) is 18.0. The van der Waals surface area contributed by atoms with Crippen molar-refractivity contribution in [2.75, 3.05) is 12.4 Å². The van der Waals surface area contributed by atoms with Crippen LogP contribution in [0, 0.1) is 0 Å². The number of amides is 1. The molecule has 1 aliphatic heterocycles. The van der Waals surface area contributed by atoms with E-state index in [4.69, 9.17) is 4.74 Å². The number of phenols is 1. The van der Waals surface area contributed by atoms with Crippen LogP contribution in [0.2, 0.25) is 0 Å². The number of nitrogens with one attached hydrogen (secondary N) is 2. The summed E-state index contributed by atoms with van der Waals surface area (Å²) in [4.78, 5) is 12.9. The van der Waals surface area contributed by atoms with Crippen LogP contribution in [-0.2, 0) is 11.2 Å². The molecular weight excluding hydrogens is 416 g/mol. The highest BCUT2D eigenvalue weighted by atomic mass is 79.9. The molecule has 1 atom stereocenters. The van der Waals surface area contributed by atoms with Crippen molar-refractivity contribution >= 4 is 45.4 Å². The molecule has 1 aliphatic rings. The van der Waals surface area contributed by atoms with Gasteiger partial charge in [-0.3, -0.25) is 4.79 Å². The number of hydrogen-bond donors (Lipinski definition) is 3. The molecule has 0 unspecified atom stereocenters. The molecular formula is C19H19BrN2O3S. The molecule has 0 spiro atoms. The maximum atomic E-state index is 12.3. The average Bonchev–Trinajstić information content (AvgIpc) is 2.97. The van der Waals surface area contributed by atoms with Gasteiger partial charge in [0.2, 0.25) is 0 Å². The Kier molecular flexibility index (Phi) is 5.78. The summed E-state index contributed by atoms with van der Waals surface area (Å²) in [5, 5.41) is 16.0. The standard InChI is InChI=1S/C19H19BrN2O3S/c1-3-11-4-6-13(7-5-11)21-19-22-18(24)17(26-19)9-12-8-16(25-2)15(23)10-14(12)20/h4-10,19,21,23H,3H2,1-2H3,(H,22,24)/b17-9-/t19-/m0/s1. The first-order chi connectivity index (χ1) is 12.5. The first-order valence-corrected chi connectivity index (χ1v) is 9.78. The highest BCUT2D eigenvalue weighted by Crippen LogP contribution is 2.36. The zero-order chi connectivity index (χ0) is 18.7. The summed E-state index contributed by atoms with van der Waals surface area (Å²) in [6.45, 7) is 2.11. The molecule has 2 aromatic carbocycles. The zero-order valence-corrected chi connectivity index (χ0v) is 16.8. The SMILES string of the molecule is CCc1ccc(N[C@H]2NC(=O)/C(=C/c3cc(OC)c(O)cc3Br)S2)cc1. The van der Waals surface area contributed by atoms with Crippen LogP contribution in [0.15, 0.2) is 45.8 Å². The van der Waals surface area contributed by atoms with Gasteiger partial charge in [-0.1, -0.05) is 46.7 Å². The number of ether oxygens (including phenoxy) is 1. The maximum absolute atomic E-state index is 12.3. The Morgan fingerprint density at radius 2 is 2.08 bits per heavy atom. The smallest absolute Gasteiger partial charge is 0.260 e. The number of rotatable bonds is 5. The second kappa shape index (κ2) is 8.05. The first kappa shape index (κ1) is 18.7. The summed E-state index contributed by atoms with van der Waals surface area (Å²) >= 11 is 4.81. The van der Waals surface area contributed by atoms with Gasteiger partial charge in [0, 0.05) is 10.2 Å². The van der Waals surface area contributed by atoms with Crippen molar-refractivity contribution in [2.24, 2.45) is 0 Å². The molecule has 0 aromatic heterocycles. The van der Waals surface area contributed by atoms with Crippen LogP contribution in [0.4, 0.5) is 5.69 Å². The van der Waals surface area contributed by atoms with Gasteiger partial charge in [0.15, 0.2) is 17.0 Å². The Bertz CT molecular complexity index is 853. The summed E-state index contributed by atoms with van der Waals surface area (Å²) in [5.74, 6) is 0.255. The molecule has 3 N–H and O–H groups in total. The van der Waals surface area contributed by atoms with Gasteiger partial charge in [0.05, 0.1) is 12.0 Å². The number of hydrogen-bond acceptors (Lipinski definition) is 5. The monoisotopic (exact) mass is 434 g/mol. The van der Waals surface area contributed by atoms with Gasteiger partial charge in [-0.05, 0) is 47.9 Å². The van der Waals surface area contributed by atoms with E-state index in [1.807, 2.05) is 12.1 Å². The van der Waals surface area contributed by atoms with Gasteiger partial charge in [-0.2, -0.15) is 0 Å². The van der Waals surface area contributed by atoms with E-state index in [2.05, 4.69) is 45.6 Å². The van der Waals surface area contributed by atoms with Crippen molar-refractivity contribution in [1.82, 2.24) is 5.32 Å². The molecule has 7 heteroatoms. The Labute approximate surface area is 165 Å². The Morgan fingerprint density at radius 3 is 2.73 bits per heavy atom. The van der Waals surface area contributed by atoms with Crippen LogP contribution in [0.5, 0.6) is 11.5 Å². The third-order valence-electron chi connectivity index (χ3n) is 3.98. The molecule has 0 saturated carbocycles. The quantitative estimate of drug-likeness (QED) is 0.611. The summed E-state index contributed by atoms with van der Waals surface area (Å²) < 4.78 is 5.81. The van der Waals surface area contributed by atoms with Crippen molar-refractivity contribution in [3.63, 3.8) is 0 Å². The van der Waals surface area contributed by atoms with Crippen LogP contribution in [0.3, 0.4) is 0 Å². The minimum Gasteiger partial charge on any atom is -0.504 e. The van der Waals surface area contributed by atoms with E-state index in [1.165, 1.54) is 24.4 Å². The summed E-state index contributed by atoms with van der Waals surface area (Å²) in [7, 11) is 1.49. The minimum atomic E-state index is -0.237. The number of benzene rings is 2. The minimum absolute atomic E-state index is 0.0418. The Hall–Kier alpha value is -2.12. The van der Waals surface area contributed by atoms with E-state index in [1.54, 1.807) is 18.2 Å². The van der Waals surface area contributed by atoms with Crippen molar-refractivity contribution < 1.29 is 14.6 Å². The van der Waals surface area contributed by atoms with Gasteiger partial charge in [0.1, 0.15) is 0 Å². The number of phenolic OH excluding ortho intramolecular Hbond substituents is 1. The van der Waals surface area contributed by atoms with Crippen molar-refractivity contribution in [3.05, 3.63) is 56.9 Å². The number of anilines is 1.